The lowest BCUT2D eigenvalue weighted by Gasteiger charge is -2.18. The van der Waals surface area contributed by atoms with Gasteiger partial charge in [-0.25, -0.2) is 0 Å². The van der Waals surface area contributed by atoms with Crippen molar-refractivity contribution in [2.24, 2.45) is 0 Å². The molecule has 2 aromatic rings. The topological polar surface area (TPSA) is 59.6 Å². The second-order valence-electron chi connectivity index (χ2n) is 5.85. The molecule has 1 unspecified atom stereocenters. The van der Waals surface area contributed by atoms with Crippen LogP contribution in [-0.4, -0.2) is 26.7 Å². The maximum absolute atomic E-state index is 12.6. The first-order valence-electron chi connectivity index (χ1n) is 8.02. The van der Waals surface area contributed by atoms with Crippen LogP contribution in [0.15, 0.2) is 36.4 Å². The smallest absolute Gasteiger partial charge is 0.251 e. The Kier molecular flexibility index (Phi) is 4.60. The van der Waals surface area contributed by atoms with Crippen LogP contribution in [0.1, 0.15) is 34.5 Å². The van der Waals surface area contributed by atoms with Gasteiger partial charge in [-0.1, -0.05) is 0 Å². The minimum atomic E-state index is -0.200. The molecule has 24 heavy (non-hydrogen) atoms. The number of benzene rings is 2. The van der Waals surface area contributed by atoms with Gasteiger partial charge in [0.1, 0.15) is 11.5 Å². The molecule has 5 nitrogen and oxygen atoms in total. The van der Waals surface area contributed by atoms with E-state index in [9.17, 15) is 4.79 Å². The summed E-state index contributed by atoms with van der Waals surface area (Å²) in [7, 11) is 3.24. The third-order valence-electron chi connectivity index (χ3n) is 4.33. The molecule has 2 aromatic carbocycles. The third-order valence-corrected chi connectivity index (χ3v) is 4.33. The van der Waals surface area contributed by atoms with Crippen LogP contribution in [0.25, 0.3) is 0 Å². The molecule has 3 rings (SSSR count). The number of methoxy groups -OCH3 is 2. The summed E-state index contributed by atoms with van der Waals surface area (Å²) in [5.41, 5.74) is 3.86. The SMILES string of the molecule is COc1ccc(OC)c(C(C)NC(=O)c2ccc3c(c2)CCN3)c1. The lowest BCUT2D eigenvalue weighted by atomic mass is 10.0. The monoisotopic (exact) mass is 326 g/mol. The van der Waals surface area contributed by atoms with E-state index in [-0.39, 0.29) is 11.9 Å². The fourth-order valence-corrected chi connectivity index (χ4v) is 2.98. The molecule has 0 saturated heterocycles. The van der Waals surface area contributed by atoms with Crippen LogP contribution in [0, 0.1) is 0 Å². The van der Waals surface area contributed by atoms with Crippen LogP contribution < -0.4 is 20.1 Å². The minimum Gasteiger partial charge on any atom is -0.497 e. The maximum atomic E-state index is 12.6. The highest BCUT2D eigenvalue weighted by molar-refractivity contribution is 5.95. The van der Waals surface area contributed by atoms with E-state index in [4.69, 9.17) is 9.47 Å². The van der Waals surface area contributed by atoms with Crippen LogP contribution in [0.5, 0.6) is 11.5 Å². The van der Waals surface area contributed by atoms with Gasteiger partial charge in [0.2, 0.25) is 0 Å². The molecule has 1 atom stereocenters. The Morgan fingerprint density at radius 2 is 2.00 bits per heavy atom. The summed E-state index contributed by atoms with van der Waals surface area (Å²) in [6.07, 6.45) is 0.954. The summed E-state index contributed by atoms with van der Waals surface area (Å²) in [4.78, 5) is 12.6. The highest BCUT2D eigenvalue weighted by atomic mass is 16.5. The first-order chi connectivity index (χ1) is 11.6. The van der Waals surface area contributed by atoms with Crippen molar-refractivity contribution in [3.05, 3.63) is 53.1 Å². The van der Waals surface area contributed by atoms with E-state index in [0.29, 0.717) is 5.56 Å². The summed E-state index contributed by atoms with van der Waals surface area (Å²) >= 11 is 0. The van der Waals surface area contributed by atoms with Gasteiger partial charge in [-0.15, -0.1) is 0 Å². The number of ether oxygens (including phenoxy) is 2. The number of anilines is 1. The van der Waals surface area contributed by atoms with Crippen LogP contribution in [-0.2, 0) is 6.42 Å². The van der Waals surface area contributed by atoms with E-state index < -0.39 is 0 Å². The Morgan fingerprint density at radius 3 is 2.75 bits per heavy atom. The Bertz CT molecular complexity index is 758. The second kappa shape index (κ2) is 6.83. The van der Waals surface area contributed by atoms with Gasteiger partial charge in [-0.2, -0.15) is 0 Å². The summed E-state index contributed by atoms with van der Waals surface area (Å²) in [5, 5.41) is 6.33. The van der Waals surface area contributed by atoms with E-state index in [1.807, 2.05) is 43.3 Å². The van der Waals surface area contributed by atoms with Crippen molar-refractivity contribution in [1.29, 1.82) is 0 Å². The van der Waals surface area contributed by atoms with Gasteiger partial charge in [0, 0.05) is 23.4 Å². The molecule has 0 radical (unpaired) electrons. The number of fused-ring (bicyclic) bond motifs is 1. The number of hydrogen-bond acceptors (Lipinski definition) is 4. The molecular formula is C19H22N2O3. The average Bonchev–Trinajstić information content (AvgIpc) is 3.08. The van der Waals surface area contributed by atoms with E-state index in [1.54, 1.807) is 14.2 Å². The molecule has 1 heterocycles. The van der Waals surface area contributed by atoms with Crippen molar-refractivity contribution in [2.45, 2.75) is 19.4 Å². The summed E-state index contributed by atoms with van der Waals surface area (Å²) in [6.45, 7) is 2.86. The number of hydrogen-bond donors (Lipinski definition) is 2. The Labute approximate surface area is 142 Å². The van der Waals surface area contributed by atoms with Gasteiger partial charge < -0.3 is 20.1 Å². The fourth-order valence-electron chi connectivity index (χ4n) is 2.98. The van der Waals surface area contributed by atoms with Crippen LogP contribution in [0.2, 0.25) is 0 Å². The molecule has 1 amide bonds. The molecule has 5 heteroatoms. The molecule has 0 spiro atoms. The lowest BCUT2D eigenvalue weighted by molar-refractivity contribution is 0.0939. The zero-order valence-electron chi connectivity index (χ0n) is 14.2. The van der Waals surface area contributed by atoms with Crippen molar-refractivity contribution in [3.8, 4) is 11.5 Å². The summed E-state index contributed by atoms with van der Waals surface area (Å²) in [6, 6.07) is 11.1. The molecule has 2 N–H and O–H groups in total. The van der Waals surface area contributed by atoms with Crippen molar-refractivity contribution in [3.63, 3.8) is 0 Å². The first-order valence-corrected chi connectivity index (χ1v) is 8.02. The van der Waals surface area contributed by atoms with Gasteiger partial charge >= 0.3 is 0 Å². The van der Waals surface area contributed by atoms with Gasteiger partial charge in [-0.05, 0) is 55.3 Å². The normalized spacial score (nSPS) is 13.6. The van der Waals surface area contributed by atoms with E-state index in [2.05, 4.69) is 10.6 Å². The molecule has 0 saturated carbocycles. The Balaban J connectivity index is 1.79. The molecule has 0 aliphatic carbocycles. The molecular weight excluding hydrogens is 304 g/mol. The lowest BCUT2D eigenvalue weighted by Crippen LogP contribution is -2.27. The fraction of sp³-hybridized carbons (Fsp3) is 0.316. The largest absolute Gasteiger partial charge is 0.497 e. The zero-order valence-corrected chi connectivity index (χ0v) is 14.2. The number of nitrogens with one attached hydrogen (secondary N) is 2. The number of rotatable bonds is 5. The third kappa shape index (κ3) is 3.15. The van der Waals surface area contributed by atoms with Crippen LogP contribution in [0.4, 0.5) is 5.69 Å². The Morgan fingerprint density at radius 1 is 1.17 bits per heavy atom. The van der Waals surface area contributed by atoms with Crippen molar-refractivity contribution in [1.82, 2.24) is 5.32 Å². The van der Waals surface area contributed by atoms with Crippen molar-refractivity contribution >= 4 is 11.6 Å². The average molecular weight is 326 g/mol. The molecule has 0 fully saturated rings. The van der Waals surface area contributed by atoms with Gasteiger partial charge in [0.25, 0.3) is 5.91 Å². The molecule has 1 aliphatic heterocycles. The Hall–Kier alpha value is -2.69. The van der Waals surface area contributed by atoms with Crippen LogP contribution >= 0.6 is 0 Å². The first kappa shape index (κ1) is 16.2. The highest BCUT2D eigenvalue weighted by Gasteiger charge is 2.18. The van der Waals surface area contributed by atoms with Crippen molar-refractivity contribution < 1.29 is 14.3 Å². The summed E-state index contributed by atoms with van der Waals surface area (Å²) in [5.74, 6) is 1.36. The van der Waals surface area contributed by atoms with Crippen molar-refractivity contribution in [2.75, 3.05) is 26.1 Å². The van der Waals surface area contributed by atoms with Gasteiger partial charge in [0.15, 0.2) is 0 Å². The second-order valence-corrected chi connectivity index (χ2v) is 5.85. The predicted molar refractivity (Wildman–Crippen MR) is 94.1 cm³/mol. The molecule has 1 aliphatic rings. The molecule has 126 valence electrons. The quantitative estimate of drug-likeness (QED) is 0.886. The minimum absolute atomic E-state index is 0.0953. The van der Waals surface area contributed by atoms with E-state index in [1.165, 1.54) is 5.56 Å². The predicted octanol–water partition coefficient (Wildman–Crippen LogP) is 3.16. The number of carbonyl (C=O) groups excluding carboxylic acids is 1. The summed E-state index contributed by atoms with van der Waals surface area (Å²) < 4.78 is 10.7. The highest BCUT2D eigenvalue weighted by Crippen LogP contribution is 2.29. The van der Waals surface area contributed by atoms with Gasteiger partial charge in [0.05, 0.1) is 20.3 Å². The maximum Gasteiger partial charge on any atom is 0.251 e. The van der Waals surface area contributed by atoms with E-state index >= 15 is 0 Å². The zero-order chi connectivity index (χ0) is 17.1. The number of amides is 1. The molecule has 0 aromatic heterocycles. The standard InChI is InChI=1S/C19H22N2O3/c1-12(16-11-15(23-2)5-7-18(16)24-3)21-19(22)14-4-6-17-13(10-14)8-9-20-17/h4-7,10-12,20H,8-9H2,1-3H3,(H,21,22). The van der Waals surface area contributed by atoms with Crippen LogP contribution in [0.3, 0.4) is 0 Å². The number of carbonyl (C=O) groups is 1. The van der Waals surface area contributed by atoms with Gasteiger partial charge in [-0.3, -0.25) is 4.79 Å². The van der Waals surface area contributed by atoms with E-state index in [0.717, 1.165) is 35.7 Å². The molecule has 0 bridgehead atoms.